The summed E-state index contributed by atoms with van der Waals surface area (Å²) in [6.07, 6.45) is 6.59. The fourth-order valence-electron chi connectivity index (χ4n) is 2.09. The Kier molecular flexibility index (Phi) is 3.74. The lowest BCUT2D eigenvalue weighted by molar-refractivity contribution is 0.0525. The number of rotatable bonds is 4. The first-order chi connectivity index (χ1) is 8.22. The number of carbonyl (C=O) groups excluding carboxylic acids is 1. The first-order valence-corrected chi connectivity index (χ1v) is 6.06. The zero-order valence-corrected chi connectivity index (χ0v) is 10.1. The Morgan fingerprint density at radius 1 is 1.53 bits per heavy atom. The minimum absolute atomic E-state index is 0.0139. The van der Waals surface area contributed by atoms with Crippen molar-refractivity contribution in [3.8, 4) is 0 Å². The second-order valence-corrected chi connectivity index (χ2v) is 4.56. The van der Waals surface area contributed by atoms with Gasteiger partial charge in [-0.15, -0.1) is 0 Å². The summed E-state index contributed by atoms with van der Waals surface area (Å²) < 4.78 is 0. The number of nitrogens with zero attached hydrogens (tertiary/aromatic N) is 2. The molecule has 92 valence electrons. The third-order valence-electron chi connectivity index (χ3n) is 3.24. The van der Waals surface area contributed by atoms with E-state index in [-0.39, 0.29) is 12.5 Å². The highest BCUT2D eigenvalue weighted by atomic mass is 16.3. The topological polar surface area (TPSA) is 53.4 Å². The highest BCUT2D eigenvalue weighted by molar-refractivity contribution is 5.94. The van der Waals surface area contributed by atoms with Crippen molar-refractivity contribution in [1.29, 1.82) is 0 Å². The normalized spacial score (nSPS) is 15.4. The number of pyridine rings is 1. The van der Waals surface area contributed by atoms with E-state index >= 15 is 0 Å². The molecule has 0 bridgehead atoms. The summed E-state index contributed by atoms with van der Waals surface area (Å²) in [6, 6.07) is 2.15. The van der Waals surface area contributed by atoms with Crippen LogP contribution in [0.3, 0.4) is 0 Å². The lowest BCUT2D eigenvalue weighted by Gasteiger charge is -2.37. The van der Waals surface area contributed by atoms with Gasteiger partial charge in [0.1, 0.15) is 0 Å². The Balaban J connectivity index is 2.15. The van der Waals surface area contributed by atoms with Crippen molar-refractivity contribution < 1.29 is 9.90 Å². The van der Waals surface area contributed by atoms with Gasteiger partial charge in [-0.05, 0) is 37.8 Å². The van der Waals surface area contributed by atoms with E-state index in [1.54, 1.807) is 17.3 Å². The number of carbonyl (C=O) groups is 1. The molecule has 0 unspecified atom stereocenters. The first-order valence-electron chi connectivity index (χ1n) is 6.06. The highest BCUT2D eigenvalue weighted by Crippen LogP contribution is 2.25. The zero-order chi connectivity index (χ0) is 12.3. The maximum Gasteiger partial charge on any atom is 0.255 e. The number of aliphatic hydroxyl groups is 1. The molecule has 4 heteroatoms. The van der Waals surface area contributed by atoms with Crippen molar-refractivity contribution in [3.05, 3.63) is 29.6 Å². The zero-order valence-electron chi connectivity index (χ0n) is 10.1. The molecule has 4 nitrogen and oxygen atoms in total. The standard InChI is InChI=1S/C13H18N2O2/c1-10-7-11(9-14-8-10)13(17)15(5-6-16)12-3-2-4-12/h7-9,12,16H,2-6H2,1H3. The van der Waals surface area contributed by atoms with E-state index < -0.39 is 0 Å². The van der Waals surface area contributed by atoms with Crippen LogP contribution in [0.4, 0.5) is 0 Å². The van der Waals surface area contributed by atoms with Gasteiger partial charge in [-0.3, -0.25) is 9.78 Å². The highest BCUT2D eigenvalue weighted by Gasteiger charge is 2.28. The molecule has 0 saturated heterocycles. The first kappa shape index (κ1) is 12.0. The third-order valence-corrected chi connectivity index (χ3v) is 3.24. The predicted molar refractivity (Wildman–Crippen MR) is 64.7 cm³/mol. The van der Waals surface area contributed by atoms with Gasteiger partial charge in [-0.1, -0.05) is 0 Å². The van der Waals surface area contributed by atoms with Crippen LogP contribution in [0, 0.1) is 6.92 Å². The van der Waals surface area contributed by atoms with E-state index in [1.807, 2.05) is 13.0 Å². The van der Waals surface area contributed by atoms with Gasteiger partial charge in [0.25, 0.3) is 5.91 Å². The smallest absolute Gasteiger partial charge is 0.255 e. The van der Waals surface area contributed by atoms with Crippen LogP contribution < -0.4 is 0 Å². The van der Waals surface area contributed by atoms with Crippen molar-refractivity contribution in [2.24, 2.45) is 0 Å². The second kappa shape index (κ2) is 5.27. The maximum absolute atomic E-state index is 12.3. The Morgan fingerprint density at radius 3 is 2.82 bits per heavy atom. The SMILES string of the molecule is Cc1cncc(C(=O)N(CCO)C2CCC2)c1. The average molecular weight is 234 g/mol. The van der Waals surface area contributed by atoms with Crippen molar-refractivity contribution in [2.75, 3.05) is 13.2 Å². The monoisotopic (exact) mass is 234 g/mol. The number of aryl methyl sites for hydroxylation is 1. The lowest BCUT2D eigenvalue weighted by atomic mass is 9.91. The minimum atomic E-state index is -0.0139. The van der Waals surface area contributed by atoms with Crippen LogP contribution in [0.1, 0.15) is 35.2 Å². The largest absolute Gasteiger partial charge is 0.395 e. The minimum Gasteiger partial charge on any atom is -0.395 e. The molecule has 17 heavy (non-hydrogen) atoms. The molecule has 1 heterocycles. The van der Waals surface area contributed by atoms with Crippen LogP contribution in [0.15, 0.2) is 18.5 Å². The Hall–Kier alpha value is -1.42. The van der Waals surface area contributed by atoms with Crippen LogP contribution >= 0.6 is 0 Å². The predicted octanol–water partition coefficient (Wildman–Crippen LogP) is 1.38. The van der Waals surface area contributed by atoms with E-state index in [1.165, 1.54) is 6.42 Å². The molecular formula is C13H18N2O2. The number of hydrogen-bond donors (Lipinski definition) is 1. The molecule has 1 N–H and O–H groups in total. The molecule has 2 rings (SSSR count). The maximum atomic E-state index is 12.3. The second-order valence-electron chi connectivity index (χ2n) is 4.56. The van der Waals surface area contributed by atoms with Gasteiger partial charge in [0, 0.05) is 25.0 Å². The summed E-state index contributed by atoms with van der Waals surface area (Å²) >= 11 is 0. The summed E-state index contributed by atoms with van der Waals surface area (Å²) in [4.78, 5) is 18.1. The molecule has 0 aromatic carbocycles. The van der Waals surface area contributed by atoms with Gasteiger partial charge >= 0.3 is 0 Å². The molecule has 1 aromatic heterocycles. The van der Waals surface area contributed by atoms with Crippen molar-refractivity contribution in [1.82, 2.24) is 9.88 Å². The van der Waals surface area contributed by atoms with Gasteiger partial charge in [0.2, 0.25) is 0 Å². The number of aromatic nitrogens is 1. The quantitative estimate of drug-likeness (QED) is 0.856. The Morgan fingerprint density at radius 2 is 2.29 bits per heavy atom. The van der Waals surface area contributed by atoms with Crippen molar-refractivity contribution in [3.63, 3.8) is 0 Å². The molecule has 1 aliphatic rings. The van der Waals surface area contributed by atoms with Gasteiger partial charge in [-0.25, -0.2) is 0 Å². The van der Waals surface area contributed by atoms with E-state index in [0.29, 0.717) is 18.2 Å². The summed E-state index contributed by atoms with van der Waals surface area (Å²) in [7, 11) is 0. The summed E-state index contributed by atoms with van der Waals surface area (Å²) in [5, 5.41) is 9.05. The van der Waals surface area contributed by atoms with Gasteiger partial charge < -0.3 is 10.0 Å². The van der Waals surface area contributed by atoms with E-state index in [2.05, 4.69) is 4.98 Å². The molecule has 0 spiro atoms. The molecule has 1 saturated carbocycles. The molecular weight excluding hydrogens is 216 g/mol. The molecule has 1 aromatic rings. The number of amides is 1. The third kappa shape index (κ3) is 2.64. The van der Waals surface area contributed by atoms with E-state index in [0.717, 1.165) is 18.4 Å². The Labute approximate surface area is 101 Å². The number of hydrogen-bond acceptors (Lipinski definition) is 3. The summed E-state index contributed by atoms with van der Waals surface area (Å²) in [5.41, 5.74) is 1.60. The fourth-order valence-corrected chi connectivity index (χ4v) is 2.09. The molecule has 1 fully saturated rings. The lowest BCUT2D eigenvalue weighted by Crippen LogP contribution is -2.45. The molecule has 0 aliphatic heterocycles. The average Bonchev–Trinajstić information content (AvgIpc) is 2.25. The fraction of sp³-hybridized carbons (Fsp3) is 0.538. The Bertz CT molecular complexity index is 402. The summed E-state index contributed by atoms with van der Waals surface area (Å²) in [5.74, 6) is -0.0139. The van der Waals surface area contributed by atoms with Crippen LogP contribution in [-0.4, -0.2) is 40.1 Å². The molecule has 1 aliphatic carbocycles. The van der Waals surface area contributed by atoms with Crippen LogP contribution in [0.2, 0.25) is 0 Å². The van der Waals surface area contributed by atoms with E-state index in [4.69, 9.17) is 5.11 Å². The van der Waals surface area contributed by atoms with Crippen LogP contribution in [0.5, 0.6) is 0 Å². The van der Waals surface area contributed by atoms with Crippen LogP contribution in [-0.2, 0) is 0 Å². The van der Waals surface area contributed by atoms with Crippen LogP contribution in [0.25, 0.3) is 0 Å². The van der Waals surface area contributed by atoms with E-state index in [9.17, 15) is 4.79 Å². The summed E-state index contributed by atoms with van der Waals surface area (Å²) in [6.45, 7) is 2.35. The number of aliphatic hydroxyl groups excluding tert-OH is 1. The van der Waals surface area contributed by atoms with Crippen molar-refractivity contribution in [2.45, 2.75) is 32.2 Å². The van der Waals surface area contributed by atoms with Gasteiger partial charge in [-0.2, -0.15) is 0 Å². The van der Waals surface area contributed by atoms with Crippen molar-refractivity contribution >= 4 is 5.91 Å². The molecule has 1 amide bonds. The van der Waals surface area contributed by atoms with Gasteiger partial charge in [0.15, 0.2) is 0 Å². The van der Waals surface area contributed by atoms with Gasteiger partial charge in [0.05, 0.1) is 12.2 Å². The molecule has 0 atom stereocenters. The molecule has 0 radical (unpaired) electrons.